The van der Waals surface area contributed by atoms with Crippen LogP contribution in [0.3, 0.4) is 0 Å². The van der Waals surface area contributed by atoms with E-state index in [9.17, 15) is 9.59 Å². The molecule has 1 N–H and O–H groups in total. The summed E-state index contributed by atoms with van der Waals surface area (Å²) in [5, 5.41) is 3.15. The second-order valence-electron chi connectivity index (χ2n) is 7.60. The van der Waals surface area contributed by atoms with Gasteiger partial charge in [-0.15, -0.1) is 0 Å². The maximum Gasteiger partial charge on any atom is 0.412 e. The van der Waals surface area contributed by atoms with Crippen molar-refractivity contribution in [1.29, 1.82) is 0 Å². The lowest BCUT2D eigenvalue weighted by Crippen LogP contribution is -2.34. The highest BCUT2D eigenvalue weighted by Gasteiger charge is 2.35. The average molecular weight is 498 g/mol. The van der Waals surface area contributed by atoms with E-state index in [1.54, 1.807) is 24.4 Å². The zero-order valence-electron chi connectivity index (χ0n) is 17.8. The molecule has 2 aromatic rings. The molecule has 0 spiro atoms. The molecule has 1 aliphatic rings. The van der Waals surface area contributed by atoms with Gasteiger partial charge in [0.1, 0.15) is 29.8 Å². The van der Waals surface area contributed by atoms with Crippen molar-refractivity contribution in [1.82, 2.24) is 0 Å². The topological polar surface area (TPSA) is 76.9 Å². The Kier molecular flexibility index (Phi) is 7.59. The number of amides is 1. The third kappa shape index (κ3) is 5.14. The van der Waals surface area contributed by atoms with Crippen LogP contribution in [0.1, 0.15) is 49.5 Å². The second kappa shape index (κ2) is 10.0. The highest BCUT2D eigenvalue weighted by molar-refractivity contribution is 7.74. The number of unbranched alkanes of at least 4 members (excludes halogenated alkanes) is 1. The summed E-state index contributed by atoms with van der Waals surface area (Å²) in [4.78, 5) is 23.9. The Hall–Kier alpha value is -2.42. The first kappa shape index (κ1) is 24.2. The van der Waals surface area contributed by atoms with Gasteiger partial charge in [0.15, 0.2) is 5.78 Å². The van der Waals surface area contributed by atoms with E-state index in [-0.39, 0.29) is 21.4 Å². The predicted octanol–water partition coefficient (Wildman–Crippen LogP) is 6.34. The molecule has 1 aliphatic heterocycles. The summed E-state index contributed by atoms with van der Waals surface area (Å²) >= 11 is 16.1. The predicted molar refractivity (Wildman–Crippen MR) is 127 cm³/mol. The van der Waals surface area contributed by atoms with Crippen LogP contribution in [-0.2, 0) is 14.6 Å². The Labute approximate surface area is 201 Å². The van der Waals surface area contributed by atoms with Gasteiger partial charge in [0, 0.05) is 22.8 Å². The fourth-order valence-corrected chi connectivity index (χ4v) is 4.01. The van der Waals surface area contributed by atoms with Gasteiger partial charge < -0.3 is 9.47 Å². The normalized spacial score (nSPS) is 14.8. The monoisotopic (exact) mass is 497 g/mol. The van der Waals surface area contributed by atoms with Crippen molar-refractivity contribution < 1.29 is 28.1 Å². The number of rotatable bonds is 8. The highest BCUT2D eigenvalue weighted by atomic mass is 35.5. The number of hydrogen-bond donors (Lipinski definition) is 2. The number of nitrogens with one attached hydrogen (secondary N) is 1. The molecule has 0 atom stereocenters. The van der Waals surface area contributed by atoms with Gasteiger partial charge in [-0.25, -0.2) is 4.79 Å². The van der Waals surface area contributed by atoms with Crippen LogP contribution in [0.25, 0.3) is 0 Å². The van der Waals surface area contributed by atoms with E-state index in [4.69, 9.17) is 37.0 Å². The molecule has 0 aliphatic carbocycles. The molecule has 0 bridgehead atoms. The Morgan fingerprint density at radius 3 is 2.72 bits per heavy atom. The molecule has 0 radical (unpaired) electrons. The first-order chi connectivity index (χ1) is 15.2. The van der Waals surface area contributed by atoms with Gasteiger partial charge in [-0.2, -0.15) is 4.28 Å². The van der Waals surface area contributed by atoms with Crippen LogP contribution in [0, 0.1) is 0 Å². The van der Waals surface area contributed by atoms with E-state index < -0.39 is 11.7 Å². The fraction of sp³-hybridized carbons (Fsp3) is 0.318. The standard InChI is InChI=1S/C22H22Cl2N2O5S/c1-13(27)18-16(10-9-15(23)19(18)24)26(31-32)11-4-5-12-29-17-8-6-7-14-20(17)25-21(28)30-22(14,2)3/h6-11H,4-5,12H2,1-3H3,(H-,25,28,32)/p+1. The van der Waals surface area contributed by atoms with Gasteiger partial charge in [0.05, 0.1) is 22.3 Å². The number of carbonyl (C=O) groups is 2. The molecule has 32 heavy (non-hydrogen) atoms. The number of fused-ring (bicyclic) bond motifs is 1. The molecule has 2 aromatic carbocycles. The zero-order valence-corrected chi connectivity index (χ0v) is 20.2. The lowest BCUT2D eigenvalue weighted by Gasteiger charge is -2.33. The van der Waals surface area contributed by atoms with Crippen molar-refractivity contribution in [3.8, 4) is 5.75 Å². The van der Waals surface area contributed by atoms with Crippen LogP contribution in [0.5, 0.6) is 5.75 Å². The van der Waals surface area contributed by atoms with E-state index >= 15 is 0 Å². The smallest absolute Gasteiger partial charge is 0.412 e. The molecule has 0 saturated heterocycles. The molecule has 10 heteroatoms. The van der Waals surface area contributed by atoms with Gasteiger partial charge in [0.25, 0.3) is 5.69 Å². The number of benzene rings is 2. The summed E-state index contributed by atoms with van der Waals surface area (Å²) in [6.45, 7) is 5.43. The molecule has 3 rings (SSSR count). The summed E-state index contributed by atoms with van der Waals surface area (Å²) in [6.07, 6.45) is 2.38. The molecule has 0 saturated carbocycles. The maximum absolute atomic E-state index is 12.1. The third-order valence-electron chi connectivity index (χ3n) is 4.90. The molecular weight excluding hydrogens is 475 g/mol. The molecule has 7 nitrogen and oxygen atoms in total. The number of ether oxygens (including phenoxy) is 2. The van der Waals surface area contributed by atoms with Crippen molar-refractivity contribution >= 4 is 65.6 Å². The van der Waals surface area contributed by atoms with Gasteiger partial charge in [-0.05, 0) is 39.3 Å². The first-order valence-corrected chi connectivity index (χ1v) is 11.0. The number of hydrogen-bond acceptors (Lipinski definition) is 6. The van der Waals surface area contributed by atoms with E-state index in [1.807, 2.05) is 26.0 Å². The van der Waals surface area contributed by atoms with Crippen LogP contribution in [0.2, 0.25) is 10.0 Å². The molecule has 1 amide bonds. The molecule has 0 fully saturated rings. The third-order valence-corrected chi connectivity index (χ3v) is 5.88. The number of Topliss-reactive ketones (excluding diaryl/α,β-unsaturated/α-hetero) is 1. The number of thiol groups is 1. The number of halogens is 2. The number of nitrogens with zero attached hydrogens (tertiary/aromatic N) is 1. The minimum Gasteiger partial charge on any atom is -0.491 e. The van der Waals surface area contributed by atoms with Gasteiger partial charge in [-0.3, -0.25) is 10.1 Å². The van der Waals surface area contributed by atoms with Crippen molar-refractivity contribution in [2.24, 2.45) is 0 Å². The number of anilines is 1. The van der Waals surface area contributed by atoms with Crippen LogP contribution >= 0.6 is 36.1 Å². The number of cyclic esters (lactones) is 1. The average Bonchev–Trinajstić information content (AvgIpc) is 2.72. The summed E-state index contributed by atoms with van der Waals surface area (Å²) in [5.41, 5.74) is 1.39. The van der Waals surface area contributed by atoms with E-state index in [0.717, 1.165) is 5.56 Å². The largest absolute Gasteiger partial charge is 0.491 e. The van der Waals surface area contributed by atoms with E-state index in [2.05, 4.69) is 18.2 Å². The van der Waals surface area contributed by atoms with Crippen LogP contribution in [0.4, 0.5) is 16.2 Å². The van der Waals surface area contributed by atoms with Crippen molar-refractivity contribution in [2.45, 2.75) is 39.2 Å². The van der Waals surface area contributed by atoms with E-state index in [0.29, 0.717) is 36.6 Å². The second-order valence-corrected chi connectivity index (χ2v) is 8.54. The summed E-state index contributed by atoms with van der Waals surface area (Å²) < 4.78 is 17.7. The summed E-state index contributed by atoms with van der Waals surface area (Å²) in [5.74, 6) is 0.320. The van der Waals surface area contributed by atoms with E-state index in [1.165, 1.54) is 11.7 Å². The fourth-order valence-electron chi connectivity index (χ4n) is 3.41. The quantitative estimate of drug-likeness (QED) is 0.0845. The number of para-hydroxylation sites is 1. The van der Waals surface area contributed by atoms with Crippen LogP contribution in [0.15, 0.2) is 30.3 Å². The van der Waals surface area contributed by atoms with Crippen molar-refractivity contribution in [2.75, 3.05) is 11.9 Å². The van der Waals surface area contributed by atoms with Crippen LogP contribution < -0.4 is 10.1 Å². The SMILES string of the molecule is CC(=O)c1c([N+](=CCCCOc2cccc3c2NC(=O)OC3(C)C)OS)ccc(Cl)c1Cl. The Bertz CT molecular complexity index is 1090. The molecule has 0 aromatic heterocycles. The Morgan fingerprint density at radius 2 is 2.03 bits per heavy atom. The van der Waals surface area contributed by atoms with Gasteiger partial charge in [-0.1, -0.05) is 35.3 Å². The van der Waals surface area contributed by atoms with Gasteiger partial charge >= 0.3 is 6.09 Å². The maximum atomic E-state index is 12.1. The molecule has 0 unspecified atom stereocenters. The number of ketones is 1. The number of carbonyl (C=O) groups excluding carboxylic acids is 2. The highest BCUT2D eigenvalue weighted by Crippen LogP contribution is 2.40. The molecular formula is C22H23Cl2N2O5S+. The molecule has 170 valence electrons. The van der Waals surface area contributed by atoms with Gasteiger partial charge in [0.2, 0.25) is 6.21 Å². The summed E-state index contributed by atoms with van der Waals surface area (Å²) in [7, 11) is 0. The molecule has 1 heterocycles. The zero-order chi connectivity index (χ0) is 23.5. The Balaban J connectivity index is 1.69. The lowest BCUT2D eigenvalue weighted by molar-refractivity contribution is -0.672. The van der Waals surface area contributed by atoms with Crippen LogP contribution in [-0.4, -0.2) is 29.4 Å². The first-order valence-electron chi connectivity index (χ1n) is 9.85. The van der Waals surface area contributed by atoms with Crippen molar-refractivity contribution in [3.05, 3.63) is 51.5 Å². The Morgan fingerprint density at radius 1 is 1.28 bits per heavy atom. The van der Waals surface area contributed by atoms with Crippen molar-refractivity contribution in [3.63, 3.8) is 0 Å². The summed E-state index contributed by atoms with van der Waals surface area (Å²) in [6, 6.07) is 8.76. The lowest BCUT2D eigenvalue weighted by atomic mass is 9.94. The minimum atomic E-state index is -0.747. The minimum absolute atomic E-state index is 0.159.